The molecule has 2 N–H and O–H groups in total. The standard InChI is InChI=1S/C19H25N3O3/c1-15-17(14-21-22(15)16-10-6-5-7-11-16)19(25)20-13-9-4-2-3-8-12-18(23)24/h5-7,10-11,14H,2-4,8-9,12-13H2,1H3,(H,20,25)(H,23,24). The average molecular weight is 343 g/mol. The van der Waals surface area contributed by atoms with Gasteiger partial charge in [-0.1, -0.05) is 37.5 Å². The van der Waals surface area contributed by atoms with E-state index < -0.39 is 5.97 Å². The molecule has 0 bridgehead atoms. The van der Waals surface area contributed by atoms with Crippen LogP contribution in [0.5, 0.6) is 0 Å². The summed E-state index contributed by atoms with van der Waals surface area (Å²) in [5.74, 6) is -0.843. The van der Waals surface area contributed by atoms with Crippen LogP contribution in [0.3, 0.4) is 0 Å². The van der Waals surface area contributed by atoms with E-state index in [0.29, 0.717) is 12.1 Å². The molecule has 0 spiro atoms. The van der Waals surface area contributed by atoms with E-state index in [-0.39, 0.29) is 12.3 Å². The molecule has 0 aliphatic carbocycles. The third kappa shape index (κ3) is 5.74. The van der Waals surface area contributed by atoms with Crippen molar-refractivity contribution in [2.24, 2.45) is 0 Å². The SMILES string of the molecule is Cc1c(C(=O)NCCCCCCCC(=O)O)cnn1-c1ccccc1. The Morgan fingerprint density at radius 3 is 2.48 bits per heavy atom. The highest BCUT2D eigenvalue weighted by Crippen LogP contribution is 2.13. The second kappa shape index (κ2) is 9.61. The van der Waals surface area contributed by atoms with E-state index in [2.05, 4.69) is 10.4 Å². The van der Waals surface area contributed by atoms with E-state index in [1.54, 1.807) is 10.9 Å². The van der Waals surface area contributed by atoms with Crippen LogP contribution in [0.25, 0.3) is 5.69 Å². The fourth-order valence-corrected chi connectivity index (χ4v) is 2.69. The maximum absolute atomic E-state index is 12.3. The molecule has 0 atom stereocenters. The number of aromatic nitrogens is 2. The molecule has 0 saturated heterocycles. The van der Waals surface area contributed by atoms with Gasteiger partial charge in [0.2, 0.25) is 0 Å². The number of unbranched alkanes of at least 4 members (excludes halogenated alkanes) is 4. The summed E-state index contributed by atoms with van der Waals surface area (Å²) in [6.07, 6.45) is 6.36. The molecule has 2 aromatic rings. The normalized spacial score (nSPS) is 10.6. The molecule has 0 aliphatic heterocycles. The number of carboxylic acids is 1. The summed E-state index contributed by atoms with van der Waals surface area (Å²) in [6, 6.07) is 9.72. The fraction of sp³-hybridized carbons (Fsp3) is 0.421. The van der Waals surface area contributed by atoms with Crippen LogP contribution >= 0.6 is 0 Å². The van der Waals surface area contributed by atoms with E-state index in [1.807, 2.05) is 37.3 Å². The Balaban J connectivity index is 1.73. The maximum atomic E-state index is 12.3. The number of aliphatic carboxylic acids is 1. The van der Waals surface area contributed by atoms with Gasteiger partial charge in [0.05, 0.1) is 23.1 Å². The van der Waals surface area contributed by atoms with Crippen molar-refractivity contribution in [2.75, 3.05) is 6.54 Å². The van der Waals surface area contributed by atoms with Crippen molar-refractivity contribution in [3.05, 3.63) is 47.8 Å². The summed E-state index contributed by atoms with van der Waals surface area (Å²) in [5.41, 5.74) is 2.34. The summed E-state index contributed by atoms with van der Waals surface area (Å²) < 4.78 is 1.76. The quantitative estimate of drug-likeness (QED) is 0.648. The van der Waals surface area contributed by atoms with Crippen LogP contribution in [-0.4, -0.2) is 33.3 Å². The third-order valence-electron chi connectivity index (χ3n) is 4.11. The number of carbonyl (C=O) groups is 2. The minimum atomic E-state index is -0.737. The van der Waals surface area contributed by atoms with Gasteiger partial charge < -0.3 is 10.4 Å². The lowest BCUT2D eigenvalue weighted by Crippen LogP contribution is -2.24. The first-order valence-corrected chi connectivity index (χ1v) is 8.69. The number of hydrogen-bond acceptors (Lipinski definition) is 3. The molecular formula is C19H25N3O3. The summed E-state index contributed by atoms with van der Waals surface area (Å²) >= 11 is 0. The van der Waals surface area contributed by atoms with Crippen molar-refractivity contribution in [3.8, 4) is 5.69 Å². The van der Waals surface area contributed by atoms with Gasteiger partial charge in [0.15, 0.2) is 0 Å². The highest BCUT2D eigenvalue weighted by molar-refractivity contribution is 5.95. The van der Waals surface area contributed by atoms with Crippen LogP contribution < -0.4 is 5.32 Å². The molecule has 2 rings (SSSR count). The van der Waals surface area contributed by atoms with Gasteiger partial charge in [-0.25, -0.2) is 4.68 Å². The van der Waals surface area contributed by atoms with Gasteiger partial charge in [-0.05, 0) is 31.9 Å². The third-order valence-corrected chi connectivity index (χ3v) is 4.11. The Hall–Kier alpha value is -2.63. The predicted molar refractivity (Wildman–Crippen MR) is 96.0 cm³/mol. The van der Waals surface area contributed by atoms with Gasteiger partial charge in [-0.3, -0.25) is 9.59 Å². The van der Waals surface area contributed by atoms with Gasteiger partial charge in [-0.15, -0.1) is 0 Å². The van der Waals surface area contributed by atoms with Gasteiger partial charge >= 0.3 is 5.97 Å². The zero-order chi connectivity index (χ0) is 18.1. The second-order valence-electron chi connectivity index (χ2n) is 6.06. The first-order valence-electron chi connectivity index (χ1n) is 8.69. The van der Waals surface area contributed by atoms with Crippen molar-refractivity contribution in [1.82, 2.24) is 15.1 Å². The minimum Gasteiger partial charge on any atom is -0.481 e. The number of carbonyl (C=O) groups excluding carboxylic acids is 1. The second-order valence-corrected chi connectivity index (χ2v) is 6.06. The van der Waals surface area contributed by atoms with Crippen LogP contribution in [0.4, 0.5) is 0 Å². The predicted octanol–water partition coefficient (Wildman–Crippen LogP) is 3.34. The molecule has 1 aromatic carbocycles. The van der Waals surface area contributed by atoms with Crippen LogP contribution in [0.15, 0.2) is 36.5 Å². The molecule has 0 aliphatic rings. The number of amides is 1. The van der Waals surface area contributed by atoms with Gasteiger partial charge in [0.25, 0.3) is 5.91 Å². The van der Waals surface area contributed by atoms with Crippen molar-refractivity contribution >= 4 is 11.9 Å². The Kier molecular flexibility index (Phi) is 7.19. The molecule has 25 heavy (non-hydrogen) atoms. The molecule has 1 amide bonds. The zero-order valence-electron chi connectivity index (χ0n) is 14.6. The number of nitrogens with zero attached hydrogens (tertiary/aromatic N) is 2. The van der Waals surface area contributed by atoms with Crippen molar-refractivity contribution < 1.29 is 14.7 Å². The van der Waals surface area contributed by atoms with Crippen LogP contribution in [-0.2, 0) is 4.79 Å². The molecule has 0 saturated carbocycles. The van der Waals surface area contributed by atoms with E-state index in [0.717, 1.165) is 43.5 Å². The van der Waals surface area contributed by atoms with Gasteiger partial charge in [0.1, 0.15) is 0 Å². The summed E-state index contributed by atoms with van der Waals surface area (Å²) in [5, 5.41) is 15.8. The Labute approximate surface area is 147 Å². The van der Waals surface area contributed by atoms with Gasteiger partial charge in [-0.2, -0.15) is 5.10 Å². The number of para-hydroxylation sites is 1. The molecule has 0 radical (unpaired) electrons. The van der Waals surface area contributed by atoms with E-state index >= 15 is 0 Å². The van der Waals surface area contributed by atoms with Crippen molar-refractivity contribution in [3.63, 3.8) is 0 Å². The molecule has 6 heteroatoms. The Morgan fingerprint density at radius 1 is 1.08 bits per heavy atom. The largest absolute Gasteiger partial charge is 0.481 e. The number of rotatable bonds is 10. The molecule has 0 fully saturated rings. The lowest BCUT2D eigenvalue weighted by Gasteiger charge is -2.06. The number of hydrogen-bond donors (Lipinski definition) is 2. The minimum absolute atomic E-state index is 0.106. The molecule has 1 aromatic heterocycles. The highest BCUT2D eigenvalue weighted by Gasteiger charge is 2.14. The highest BCUT2D eigenvalue weighted by atomic mass is 16.4. The van der Waals surface area contributed by atoms with E-state index in [1.165, 1.54) is 0 Å². The topological polar surface area (TPSA) is 84.2 Å². The van der Waals surface area contributed by atoms with Crippen LogP contribution in [0, 0.1) is 6.92 Å². The monoisotopic (exact) mass is 343 g/mol. The first-order chi connectivity index (χ1) is 12.1. The lowest BCUT2D eigenvalue weighted by molar-refractivity contribution is -0.137. The summed E-state index contributed by atoms with van der Waals surface area (Å²) in [7, 11) is 0. The van der Waals surface area contributed by atoms with E-state index in [9.17, 15) is 9.59 Å². The molecular weight excluding hydrogens is 318 g/mol. The molecule has 6 nitrogen and oxygen atoms in total. The number of nitrogens with one attached hydrogen (secondary N) is 1. The first kappa shape index (κ1) is 18.7. The van der Waals surface area contributed by atoms with Crippen molar-refractivity contribution in [1.29, 1.82) is 0 Å². The average Bonchev–Trinajstić information content (AvgIpc) is 2.99. The Morgan fingerprint density at radius 2 is 1.76 bits per heavy atom. The maximum Gasteiger partial charge on any atom is 0.303 e. The summed E-state index contributed by atoms with van der Waals surface area (Å²) in [4.78, 5) is 22.7. The zero-order valence-corrected chi connectivity index (χ0v) is 14.6. The van der Waals surface area contributed by atoms with Crippen LogP contribution in [0.2, 0.25) is 0 Å². The smallest absolute Gasteiger partial charge is 0.303 e. The molecule has 0 unspecified atom stereocenters. The van der Waals surface area contributed by atoms with Crippen molar-refractivity contribution in [2.45, 2.75) is 45.4 Å². The number of benzene rings is 1. The van der Waals surface area contributed by atoms with Crippen LogP contribution in [0.1, 0.15) is 54.6 Å². The lowest BCUT2D eigenvalue weighted by atomic mass is 10.1. The van der Waals surface area contributed by atoms with Gasteiger partial charge in [0, 0.05) is 13.0 Å². The number of carboxylic acid groups (broad SMARTS) is 1. The molecule has 1 heterocycles. The Bertz CT molecular complexity index is 695. The fourth-order valence-electron chi connectivity index (χ4n) is 2.69. The molecule has 134 valence electrons. The van der Waals surface area contributed by atoms with E-state index in [4.69, 9.17) is 5.11 Å². The summed E-state index contributed by atoms with van der Waals surface area (Å²) in [6.45, 7) is 2.51.